The van der Waals surface area contributed by atoms with Crippen LogP contribution in [0.25, 0.3) is 0 Å². The van der Waals surface area contributed by atoms with Gasteiger partial charge in [0, 0.05) is 31.8 Å². The molecule has 1 fully saturated rings. The van der Waals surface area contributed by atoms with E-state index < -0.39 is 0 Å². The molecule has 0 spiro atoms. The molecule has 1 saturated heterocycles. The number of likely N-dealkylation sites (N-methyl/N-ethyl adjacent to an activating group) is 2. The van der Waals surface area contributed by atoms with Crippen molar-refractivity contribution in [1.82, 2.24) is 9.80 Å². The lowest BCUT2D eigenvalue weighted by molar-refractivity contribution is 0.0728. The summed E-state index contributed by atoms with van der Waals surface area (Å²) in [6, 6.07) is 0.425. The van der Waals surface area contributed by atoms with E-state index in [1.54, 1.807) is 7.11 Å². The summed E-state index contributed by atoms with van der Waals surface area (Å²) in [6.07, 6.45) is 2.50. The number of rotatable bonds is 7. The molecule has 0 radical (unpaired) electrons. The van der Waals surface area contributed by atoms with Crippen LogP contribution in [0.3, 0.4) is 0 Å². The van der Waals surface area contributed by atoms with Crippen LogP contribution in [-0.2, 0) is 4.74 Å². The third-order valence-electron chi connectivity index (χ3n) is 3.78. The molecule has 17 heavy (non-hydrogen) atoms. The topological polar surface area (TPSA) is 62.0 Å². The number of nitrogens with zero attached hydrogens (tertiary/aromatic N) is 2. The second kappa shape index (κ2) is 7.28. The van der Waals surface area contributed by atoms with E-state index in [0.717, 1.165) is 6.54 Å². The SMILES string of the molecule is COCC(N)C(CO)N(C)CC1CCCN1C. The van der Waals surface area contributed by atoms with Crippen molar-refractivity contribution in [2.75, 3.05) is 47.5 Å². The highest BCUT2D eigenvalue weighted by molar-refractivity contribution is 4.85. The number of hydrogen-bond donors (Lipinski definition) is 2. The first-order chi connectivity index (χ1) is 8.10. The molecule has 5 nitrogen and oxygen atoms in total. The lowest BCUT2D eigenvalue weighted by atomic mass is 10.1. The minimum atomic E-state index is -0.137. The Bertz CT molecular complexity index is 216. The van der Waals surface area contributed by atoms with Crippen molar-refractivity contribution in [3.05, 3.63) is 0 Å². The predicted molar refractivity (Wildman–Crippen MR) is 69.0 cm³/mol. The molecule has 1 aliphatic heterocycles. The Morgan fingerprint density at radius 3 is 2.76 bits per heavy atom. The molecule has 5 heteroatoms. The van der Waals surface area contributed by atoms with E-state index in [9.17, 15) is 5.11 Å². The van der Waals surface area contributed by atoms with Crippen LogP contribution in [0.15, 0.2) is 0 Å². The van der Waals surface area contributed by atoms with Gasteiger partial charge < -0.3 is 20.5 Å². The summed E-state index contributed by atoms with van der Waals surface area (Å²) in [7, 11) is 5.83. The lowest BCUT2D eigenvalue weighted by Crippen LogP contribution is -2.53. The Balaban J connectivity index is 2.45. The van der Waals surface area contributed by atoms with Crippen molar-refractivity contribution in [2.24, 2.45) is 5.73 Å². The first-order valence-electron chi connectivity index (χ1n) is 6.36. The zero-order valence-corrected chi connectivity index (χ0v) is 11.3. The summed E-state index contributed by atoms with van der Waals surface area (Å²) >= 11 is 0. The average molecular weight is 245 g/mol. The maximum Gasteiger partial charge on any atom is 0.0629 e. The second-order valence-electron chi connectivity index (χ2n) is 5.09. The highest BCUT2D eigenvalue weighted by atomic mass is 16.5. The third kappa shape index (κ3) is 4.19. The molecular formula is C12H27N3O2. The molecule has 3 atom stereocenters. The summed E-state index contributed by atoms with van der Waals surface area (Å²) < 4.78 is 5.05. The number of aliphatic hydroxyl groups excluding tert-OH is 1. The summed E-state index contributed by atoms with van der Waals surface area (Å²) in [6.45, 7) is 2.69. The van der Waals surface area contributed by atoms with Crippen LogP contribution in [-0.4, -0.2) is 80.5 Å². The van der Waals surface area contributed by atoms with Crippen molar-refractivity contribution in [1.29, 1.82) is 0 Å². The molecule has 1 rings (SSSR count). The molecule has 0 aromatic carbocycles. The first-order valence-corrected chi connectivity index (χ1v) is 6.36. The summed E-state index contributed by atoms with van der Waals surface area (Å²) in [5.41, 5.74) is 6.01. The normalized spacial score (nSPS) is 25.4. The Kier molecular flexibility index (Phi) is 6.37. The van der Waals surface area contributed by atoms with Crippen LogP contribution in [0.1, 0.15) is 12.8 Å². The van der Waals surface area contributed by atoms with Gasteiger partial charge in [0.1, 0.15) is 0 Å². The molecule has 3 N–H and O–H groups in total. The van der Waals surface area contributed by atoms with E-state index in [-0.39, 0.29) is 18.7 Å². The zero-order chi connectivity index (χ0) is 12.8. The maximum atomic E-state index is 9.44. The molecule has 0 aliphatic carbocycles. The Morgan fingerprint density at radius 2 is 2.29 bits per heavy atom. The van der Waals surface area contributed by atoms with E-state index in [1.807, 2.05) is 7.05 Å². The van der Waals surface area contributed by atoms with Crippen LogP contribution >= 0.6 is 0 Å². The van der Waals surface area contributed by atoms with Crippen LogP contribution in [0, 0.1) is 0 Å². The van der Waals surface area contributed by atoms with Gasteiger partial charge in [-0.1, -0.05) is 0 Å². The van der Waals surface area contributed by atoms with Gasteiger partial charge in [-0.25, -0.2) is 0 Å². The smallest absolute Gasteiger partial charge is 0.0629 e. The average Bonchev–Trinajstić information content (AvgIpc) is 2.66. The van der Waals surface area contributed by atoms with E-state index in [1.165, 1.54) is 19.4 Å². The number of hydrogen-bond acceptors (Lipinski definition) is 5. The van der Waals surface area contributed by atoms with Crippen molar-refractivity contribution in [3.63, 3.8) is 0 Å². The summed E-state index contributed by atoms with van der Waals surface area (Å²) in [4.78, 5) is 4.54. The fourth-order valence-electron chi connectivity index (χ4n) is 2.58. The van der Waals surface area contributed by atoms with Crippen molar-refractivity contribution in [3.8, 4) is 0 Å². The number of likely N-dealkylation sites (tertiary alicyclic amines) is 1. The van der Waals surface area contributed by atoms with Crippen LogP contribution in [0.4, 0.5) is 0 Å². The quantitative estimate of drug-likeness (QED) is 0.624. The highest BCUT2D eigenvalue weighted by Crippen LogP contribution is 2.16. The fraction of sp³-hybridized carbons (Fsp3) is 1.00. The van der Waals surface area contributed by atoms with Gasteiger partial charge >= 0.3 is 0 Å². The van der Waals surface area contributed by atoms with Gasteiger partial charge in [0.05, 0.1) is 13.2 Å². The molecular weight excluding hydrogens is 218 g/mol. The van der Waals surface area contributed by atoms with Gasteiger partial charge in [-0.15, -0.1) is 0 Å². The van der Waals surface area contributed by atoms with E-state index in [2.05, 4.69) is 16.8 Å². The van der Waals surface area contributed by atoms with E-state index >= 15 is 0 Å². The first kappa shape index (κ1) is 14.9. The predicted octanol–water partition coefficient (Wildman–Crippen LogP) is -0.653. The zero-order valence-electron chi connectivity index (χ0n) is 11.3. The van der Waals surface area contributed by atoms with Crippen LogP contribution in [0.2, 0.25) is 0 Å². The van der Waals surface area contributed by atoms with Crippen LogP contribution in [0.5, 0.6) is 0 Å². The maximum absolute atomic E-state index is 9.44. The van der Waals surface area contributed by atoms with E-state index in [0.29, 0.717) is 12.6 Å². The monoisotopic (exact) mass is 245 g/mol. The third-order valence-corrected chi connectivity index (χ3v) is 3.78. The molecule has 0 saturated carbocycles. The summed E-state index contributed by atoms with van der Waals surface area (Å²) in [5.74, 6) is 0. The largest absolute Gasteiger partial charge is 0.395 e. The molecule has 1 aliphatic rings. The lowest BCUT2D eigenvalue weighted by Gasteiger charge is -2.34. The van der Waals surface area contributed by atoms with Crippen molar-refractivity contribution < 1.29 is 9.84 Å². The van der Waals surface area contributed by atoms with Gasteiger partial charge in [-0.3, -0.25) is 4.90 Å². The van der Waals surface area contributed by atoms with Gasteiger partial charge in [-0.05, 0) is 33.5 Å². The number of nitrogens with two attached hydrogens (primary N) is 1. The highest BCUT2D eigenvalue weighted by Gasteiger charge is 2.27. The molecule has 1 heterocycles. The molecule has 3 unspecified atom stereocenters. The molecule has 0 aromatic heterocycles. The molecule has 0 bridgehead atoms. The van der Waals surface area contributed by atoms with Gasteiger partial charge in [0.2, 0.25) is 0 Å². The number of aliphatic hydroxyl groups is 1. The van der Waals surface area contributed by atoms with E-state index in [4.69, 9.17) is 10.5 Å². The summed E-state index contributed by atoms with van der Waals surface area (Å²) in [5, 5.41) is 9.44. The number of methoxy groups -OCH3 is 1. The standard InChI is InChI=1S/C12H27N3O2/c1-14-6-4-5-10(14)7-15(2)12(8-16)11(13)9-17-3/h10-12,16H,4-9,13H2,1-3H3. The molecule has 0 amide bonds. The van der Waals surface area contributed by atoms with Crippen molar-refractivity contribution in [2.45, 2.75) is 31.0 Å². The van der Waals surface area contributed by atoms with Crippen LogP contribution < -0.4 is 5.73 Å². The molecule has 0 aromatic rings. The second-order valence-corrected chi connectivity index (χ2v) is 5.09. The fourth-order valence-corrected chi connectivity index (χ4v) is 2.58. The molecule has 102 valence electrons. The van der Waals surface area contributed by atoms with Gasteiger partial charge in [0.15, 0.2) is 0 Å². The number of ether oxygens (including phenoxy) is 1. The minimum absolute atomic E-state index is 0.0241. The Hall–Kier alpha value is -0.200. The minimum Gasteiger partial charge on any atom is -0.395 e. The Labute approximate surface area is 105 Å². The van der Waals surface area contributed by atoms with Crippen molar-refractivity contribution >= 4 is 0 Å². The van der Waals surface area contributed by atoms with Gasteiger partial charge in [0.25, 0.3) is 0 Å². The Morgan fingerprint density at radius 1 is 1.59 bits per heavy atom. The van der Waals surface area contributed by atoms with Gasteiger partial charge in [-0.2, -0.15) is 0 Å².